The van der Waals surface area contributed by atoms with Crippen molar-refractivity contribution in [3.63, 3.8) is 0 Å². The molecule has 1 N–H and O–H groups in total. The predicted octanol–water partition coefficient (Wildman–Crippen LogP) is 2.18. The summed E-state index contributed by atoms with van der Waals surface area (Å²) in [6, 6.07) is 1.48. The van der Waals surface area contributed by atoms with E-state index in [1.807, 2.05) is 0 Å². The summed E-state index contributed by atoms with van der Waals surface area (Å²) in [6.45, 7) is 14.6. The van der Waals surface area contributed by atoms with Gasteiger partial charge in [0.05, 0.1) is 0 Å². The second-order valence-corrected chi connectivity index (χ2v) is 6.79. The number of hydrogen-bond donors (Lipinski definition) is 1. The Morgan fingerprint density at radius 2 is 1.84 bits per heavy atom. The third-order valence-electron chi connectivity index (χ3n) is 4.74. The van der Waals surface area contributed by atoms with Crippen LogP contribution in [0.5, 0.6) is 0 Å². The van der Waals surface area contributed by atoms with Crippen molar-refractivity contribution >= 4 is 0 Å². The molecule has 0 radical (unpaired) electrons. The molecule has 2 unspecified atom stereocenters. The molecule has 3 aliphatic heterocycles. The number of nitrogens with one attached hydrogen (secondary N) is 1. The van der Waals surface area contributed by atoms with Crippen LogP contribution in [0, 0.1) is 5.92 Å². The van der Waals surface area contributed by atoms with Gasteiger partial charge >= 0.3 is 0 Å². The number of nitrogens with zero attached hydrogens (tertiary/aromatic N) is 2. The van der Waals surface area contributed by atoms with Crippen LogP contribution in [0.2, 0.25) is 0 Å². The maximum Gasteiger partial charge on any atom is 0.0377 e. The van der Waals surface area contributed by atoms with Gasteiger partial charge in [-0.2, -0.15) is 0 Å². The lowest BCUT2D eigenvalue weighted by Gasteiger charge is -2.50. The lowest BCUT2D eigenvalue weighted by atomic mass is 9.94. The summed E-state index contributed by atoms with van der Waals surface area (Å²) in [5, 5.41) is 3.83. The molecule has 19 heavy (non-hydrogen) atoms. The molecule has 0 amide bonds. The first kappa shape index (κ1) is 15.3. The summed E-state index contributed by atoms with van der Waals surface area (Å²) in [5.74, 6) is 0.846. The van der Waals surface area contributed by atoms with Crippen LogP contribution >= 0.6 is 0 Å². The Morgan fingerprint density at radius 3 is 2.37 bits per heavy atom. The normalized spacial score (nSPS) is 31.9. The number of fused-ring (bicyclic) bond motifs is 3. The topological polar surface area (TPSA) is 18.5 Å². The smallest absolute Gasteiger partial charge is 0.0377 e. The van der Waals surface area contributed by atoms with Gasteiger partial charge in [-0.05, 0) is 25.3 Å². The second kappa shape index (κ2) is 7.61. The average molecular weight is 267 g/mol. The third-order valence-corrected chi connectivity index (χ3v) is 4.74. The Morgan fingerprint density at radius 1 is 1.11 bits per heavy atom. The maximum absolute atomic E-state index is 3.83. The Bertz CT molecular complexity index is 246. The highest BCUT2D eigenvalue weighted by atomic mass is 15.4. The molecule has 3 rings (SSSR count). The summed E-state index contributed by atoms with van der Waals surface area (Å²) < 4.78 is 0. The van der Waals surface area contributed by atoms with E-state index in [0.717, 1.165) is 12.0 Å². The Balaban J connectivity index is 1.85. The molecule has 2 atom stereocenters. The lowest BCUT2D eigenvalue weighted by Crippen LogP contribution is -2.66. The fourth-order valence-corrected chi connectivity index (χ4v) is 3.55. The van der Waals surface area contributed by atoms with E-state index in [1.165, 1.54) is 65.0 Å². The first-order valence-corrected chi connectivity index (χ1v) is 8.40. The summed E-state index contributed by atoms with van der Waals surface area (Å²) in [7, 11) is 0. The van der Waals surface area contributed by atoms with Crippen molar-refractivity contribution in [3.05, 3.63) is 0 Å². The van der Waals surface area contributed by atoms with Gasteiger partial charge in [0.2, 0.25) is 0 Å². The van der Waals surface area contributed by atoms with E-state index in [0.29, 0.717) is 6.04 Å². The van der Waals surface area contributed by atoms with E-state index >= 15 is 0 Å². The van der Waals surface area contributed by atoms with Gasteiger partial charge < -0.3 is 5.32 Å². The number of hydrogen-bond acceptors (Lipinski definition) is 3. The molecule has 0 aliphatic carbocycles. The molecule has 112 valence electrons. The van der Waals surface area contributed by atoms with Crippen molar-refractivity contribution in [3.8, 4) is 0 Å². The van der Waals surface area contributed by atoms with E-state index in [2.05, 4.69) is 35.9 Å². The highest BCUT2D eigenvalue weighted by molar-refractivity contribution is 4.94. The average Bonchev–Trinajstić information content (AvgIpc) is 2.43. The third kappa shape index (κ3) is 4.44. The molecule has 0 aromatic carbocycles. The van der Waals surface area contributed by atoms with Crippen LogP contribution in [-0.2, 0) is 0 Å². The standard InChI is InChI=1S/C16H33N3/c1-4-8-17-15(7-5-6-14(2)3)16-13-18-9-11-19(16)12-10-18/h14-17H,4-13H2,1-3H3. The molecule has 3 nitrogen and oxygen atoms in total. The molecule has 0 aromatic heterocycles. The van der Waals surface area contributed by atoms with Crippen LogP contribution in [0.1, 0.15) is 46.5 Å². The minimum absolute atomic E-state index is 0.710. The quantitative estimate of drug-likeness (QED) is 0.727. The molecule has 0 saturated carbocycles. The molecule has 3 saturated heterocycles. The van der Waals surface area contributed by atoms with Crippen molar-refractivity contribution in [2.24, 2.45) is 5.92 Å². The van der Waals surface area contributed by atoms with Crippen LogP contribution in [0.4, 0.5) is 0 Å². The van der Waals surface area contributed by atoms with Crippen molar-refractivity contribution in [1.82, 2.24) is 15.1 Å². The summed E-state index contributed by atoms with van der Waals surface area (Å²) in [5.41, 5.74) is 0. The molecule has 3 heteroatoms. The van der Waals surface area contributed by atoms with Crippen LogP contribution in [0.3, 0.4) is 0 Å². The van der Waals surface area contributed by atoms with Crippen molar-refractivity contribution < 1.29 is 0 Å². The first-order chi connectivity index (χ1) is 9.20. The van der Waals surface area contributed by atoms with Crippen molar-refractivity contribution in [1.29, 1.82) is 0 Å². The molecule has 0 spiro atoms. The van der Waals surface area contributed by atoms with E-state index in [9.17, 15) is 0 Å². The zero-order valence-corrected chi connectivity index (χ0v) is 13.2. The Kier molecular flexibility index (Phi) is 6.11. The van der Waals surface area contributed by atoms with Crippen LogP contribution in [0.15, 0.2) is 0 Å². The van der Waals surface area contributed by atoms with E-state index in [4.69, 9.17) is 0 Å². The van der Waals surface area contributed by atoms with Crippen LogP contribution in [-0.4, -0.2) is 61.2 Å². The Hall–Kier alpha value is -0.120. The largest absolute Gasteiger partial charge is 0.312 e. The second-order valence-electron chi connectivity index (χ2n) is 6.79. The van der Waals surface area contributed by atoms with Gasteiger partial charge in [-0.3, -0.25) is 9.80 Å². The van der Waals surface area contributed by atoms with Crippen molar-refractivity contribution in [2.45, 2.75) is 58.5 Å². The SMILES string of the molecule is CCCNC(CCCC(C)C)C1CN2CCN1CC2. The molecular weight excluding hydrogens is 234 g/mol. The molecular formula is C16H33N3. The first-order valence-electron chi connectivity index (χ1n) is 8.40. The van der Waals surface area contributed by atoms with Gasteiger partial charge in [0.15, 0.2) is 0 Å². The van der Waals surface area contributed by atoms with Crippen LogP contribution < -0.4 is 5.32 Å². The molecule has 3 heterocycles. The van der Waals surface area contributed by atoms with Crippen LogP contribution in [0.25, 0.3) is 0 Å². The number of piperazine rings is 3. The van der Waals surface area contributed by atoms with Gasteiger partial charge in [-0.1, -0.05) is 33.6 Å². The van der Waals surface area contributed by atoms with Gasteiger partial charge in [-0.15, -0.1) is 0 Å². The molecule has 3 aliphatic rings. The van der Waals surface area contributed by atoms with Gasteiger partial charge in [0, 0.05) is 44.8 Å². The maximum atomic E-state index is 3.83. The fourth-order valence-electron chi connectivity index (χ4n) is 3.55. The zero-order valence-electron chi connectivity index (χ0n) is 13.2. The molecule has 2 bridgehead atoms. The predicted molar refractivity (Wildman–Crippen MR) is 82.6 cm³/mol. The zero-order chi connectivity index (χ0) is 13.7. The highest BCUT2D eigenvalue weighted by Gasteiger charge is 2.36. The molecule has 0 aromatic rings. The summed E-state index contributed by atoms with van der Waals surface area (Å²) >= 11 is 0. The van der Waals surface area contributed by atoms with Crippen molar-refractivity contribution in [2.75, 3.05) is 39.3 Å². The number of rotatable bonds is 8. The van der Waals surface area contributed by atoms with Gasteiger partial charge in [-0.25, -0.2) is 0 Å². The monoisotopic (exact) mass is 267 g/mol. The van der Waals surface area contributed by atoms with E-state index < -0.39 is 0 Å². The van der Waals surface area contributed by atoms with E-state index in [1.54, 1.807) is 0 Å². The minimum atomic E-state index is 0.710. The Labute approximate surface area is 119 Å². The highest BCUT2D eigenvalue weighted by Crippen LogP contribution is 2.21. The minimum Gasteiger partial charge on any atom is -0.312 e. The van der Waals surface area contributed by atoms with Gasteiger partial charge in [0.1, 0.15) is 0 Å². The summed E-state index contributed by atoms with van der Waals surface area (Å²) in [6.07, 6.45) is 5.36. The summed E-state index contributed by atoms with van der Waals surface area (Å²) in [4.78, 5) is 5.40. The fraction of sp³-hybridized carbons (Fsp3) is 1.00. The van der Waals surface area contributed by atoms with E-state index in [-0.39, 0.29) is 0 Å². The van der Waals surface area contributed by atoms with Gasteiger partial charge in [0.25, 0.3) is 0 Å². The molecule has 3 fully saturated rings. The lowest BCUT2D eigenvalue weighted by molar-refractivity contribution is -0.00488.